The van der Waals surface area contributed by atoms with Gasteiger partial charge in [0.05, 0.1) is 11.9 Å². The van der Waals surface area contributed by atoms with Gasteiger partial charge in [0, 0.05) is 20.0 Å². The van der Waals surface area contributed by atoms with Gasteiger partial charge in [-0.3, -0.25) is 0 Å². The summed E-state index contributed by atoms with van der Waals surface area (Å²) in [6.07, 6.45) is 6.88. The zero-order valence-corrected chi connectivity index (χ0v) is 11.4. The molecule has 0 atom stereocenters. The molecule has 0 amide bonds. The number of hydrogen-bond donors (Lipinski definition) is 1. The fourth-order valence-corrected chi connectivity index (χ4v) is 2.55. The topological polar surface area (TPSA) is 59.5 Å². The fourth-order valence-electron chi connectivity index (χ4n) is 2.55. The molecule has 0 saturated heterocycles. The maximum atomic E-state index is 5.56. The van der Waals surface area contributed by atoms with Gasteiger partial charge >= 0.3 is 0 Å². The standard InChI is InChI=1S/C14H21N5/c1-18(9-11-3-2-4-11)14-6-5-13-16-12(7-8-15)10-19(13)17-14/h5-6,10-11H,2-4,7-9,15H2,1H3. The number of hydrogen-bond acceptors (Lipinski definition) is 4. The van der Waals surface area contributed by atoms with Crippen LogP contribution in [-0.2, 0) is 6.42 Å². The molecular formula is C14H21N5. The highest BCUT2D eigenvalue weighted by Crippen LogP contribution is 2.27. The van der Waals surface area contributed by atoms with E-state index in [0.29, 0.717) is 6.54 Å². The minimum Gasteiger partial charge on any atom is -0.358 e. The molecule has 102 valence electrons. The summed E-state index contributed by atoms with van der Waals surface area (Å²) in [5, 5.41) is 4.63. The van der Waals surface area contributed by atoms with Crippen molar-refractivity contribution in [2.75, 3.05) is 25.0 Å². The summed E-state index contributed by atoms with van der Waals surface area (Å²) in [5.41, 5.74) is 7.46. The molecule has 2 heterocycles. The summed E-state index contributed by atoms with van der Waals surface area (Å²) in [5.74, 6) is 1.86. The molecular weight excluding hydrogens is 238 g/mol. The van der Waals surface area contributed by atoms with E-state index in [0.717, 1.165) is 36.0 Å². The molecule has 5 nitrogen and oxygen atoms in total. The normalized spacial score (nSPS) is 15.7. The number of rotatable bonds is 5. The molecule has 0 bridgehead atoms. The van der Waals surface area contributed by atoms with E-state index in [9.17, 15) is 0 Å². The van der Waals surface area contributed by atoms with Crippen LogP contribution < -0.4 is 10.6 Å². The van der Waals surface area contributed by atoms with Gasteiger partial charge in [-0.1, -0.05) is 6.42 Å². The molecule has 2 aromatic heterocycles. The first kappa shape index (κ1) is 12.4. The van der Waals surface area contributed by atoms with Gasteiger partial charge in [0.15, 0.2) is 5.65 Å². The van der Waals surface area contributed by atoms with Crippen LogP contribution in [0.5, 0.6) is 0 Å². The molecule has 1 aliphatic rings. The lowest BCUT2D eigenvalue weighted by Crippen LogP contribution is -2.30. The molecule has 0 aliphatic heterocycles. The van der Waals surface area contributed by atoms with Crippen LogP contribution in [-0.4, -0.2) is 34.7 Å². The van der Waals surface area contributed by atoms with Crippen molar-refractivity contribution in [3.63, 3.8) is 0 Å². The number of nitrogens with zero attached hydrogens (tertiary/aromatic N) is 4. The number of anilines is 1. The molecule has 1 saturated carbocycles. The highest BCUT2D eigenvalue weighted by Gasteiger charge is 2.19. The van der Waals surface area contributed by atoms with E-state index in [1.54, 1.807) is 0 Å². The summed E-state index contributed by atoms with van der Waals surface area (Å²) in [6.45, 7) is 1.72. The Labute approximate surface area is 113 Å². The van der Waals surface area contributed by atoms with Gasteiger partial charge in [-0.25, -0.2) is 9.50 Å². The van der Waals surface area contributed by atoms with E-state index in [1.165, 1.54) is 19.3 Å². The van der Waals surface area contributed by atoms with E-state index in [4.69, 9.17) is 5.73 Å². The Morgan fingerprint density at radius 2 is 2.26 bits per heavy atom. The minimum atomic E-state index is 0.623. The zero-order chi connectivity index (χ0) is 13.2. The number of aromatic nitrogens is 3. The average molecular weight is 259 g/mol. The first-order valence-corrected chi connectivity index (χ1v) is 7.03. The van der Waals surface area contributed by atoms with Crippen LogP contribution >= 0.6 is 0 Å². The smallest absolute Gasteiger partial charge is 0.153 e. The van der Waals surface area contributed by atoms with Gasteiger partial charge in [-0.05, 0) is 37.4 Å². The van der Waals surface area contributed by atoms with E-state index < -0.39 is 0 Å². The number of fused-ring (bicyclic) bond motifs is 1. The minimum absolute atomic E-state index is 0.623. The van der Waals surface area contributed by atoms with Crippen molar-refractivity contribution in [2.24, 2.45) is 11.7 Å². The Morgan fingerprint density at radius 1 is 1.42 bits per heavy atom. The second-order valence-corrected chi connectivity index (χ2v) is 5.44. The van der Waals surface area contributed by atoms with Crippen LogP contribution in [0.3, 0.4) is 0 Å². The second-order valence-electron chi connectivity index (χ2n) is 5.44. The lowest BCUT2D eigenvalue weighted by atomic mass is 9.85. The Morgan fingerprint density at radius 3 is 2.95 bits per heavy atom. The molecule has 2 aromatic rings. The van der Waals surface area contributed by atoms with Crippen molar-refractivity contribution in [2.45, 2.75) is 25.7 Å². The molecule has 0 spiro atoms. The van der Waals surface area contributed by atoms with Gasteiger partial charge < -0.3 is 10.6 Å². The zero-order valence-electron chi connectivity index (χ0n) is 11.4. The van der Waals surface area contributed by atoms with Crippen molar-refractivity contribution in [3.05, 3.63) is 24.0 Å². The summed E-state index contributed by atoms with van der Waals surface area (Å²) in [7, 11) is 2.12. The van der Waals surface area contributed by atoms with Crippen molar-refractivity contribution < 1.29 is 0 Å². The lowest BCUT2D eigenvalue weighted by molar-refractivity contribution is 0.321. The van der Waals surface area contributed by atoms with E-state index in [2.05, 4.69) is 22.0 Å². The Kier molecular flexibility index (Phi) is 3.38. The molecule has 5 heteroatoms. The second kappa shape index (κ2) is 5.17. The maximum Gasteiger partial charge on any atom is 0.153 e. The highest BCUT2D eigenvalue weighted by molar-refractivity contribution is 5.46. The fraction of sp³-hybridized carbons (Fsp3) is 0.571. The van der Waals surface area contributed by atoms with E-state index in [1.807, 2.05) is 22.8 Å². The molecule has 0 aromatic carbocycles. The van der Waals surface area contributed by atoms with Crippen molar-refractivity contribution in [3.8, 4) is 0 Å². The van der Waals surface area contributed by atoms with E-state index in [-0.39, 0.29) is 0 Å². The van der Waals surface area contributed by atoms with Crippen LogP contribution in [0.15, 0.2) is 18.3 Å². The van der Waals surface area contributed by atoms with Crippen LogP contribution in [0, 0.1) is 5.92 Å². The van der Waals surface area contributed by atoms with Gasteiger partial charge in [0.1, 0.15) is 5.82 Å². The lowest BCUT2D eigenvalue weighted by Gasteiger charge is -2.30. The first-order chi connectivity index (χ1) is 9.26. The van der Waals surface area contributed by atoms with Gasteiger partial charge in [0.2, 0.25) is 0 Å². The van der Waals surface area contributed by atoms with Crippen molar-refractivity contribution in [1.82, 2.24) is 14.6 Å². The van der Waals surface area contributed by atoms with E-state index >= 15 is 0 Å². The molecule has 3 rings (SSSR count). The van der Waals surface area contributed by atoms with Gasteiger partial charge in [0.25, 0.3) is 0 Å². The molecule has 0 radical (unpaired) electrons. The summed E-state index contributed by atoms with van der Waals surface area (Å²) in [6, 6.07) is 4.08. The molecule has 1 aliphatic carbocycles. The molecule has 2 N–H and O–H groups in total. The highest BCUT2D eigenvalue weighted by atomic mass is 15.3. The molecule has 19 heavy (non-hydrogen) atoms. The summed E-state index contributed by atoms with van der Waals surface area (Å²) >= 11 is 0. The van der Waals surface area contributed by atoms with Crippen molar-refractivity contribution >= 4 is 11.5 Å². The third-order valence-electron chi connectivity index (χ3n) is 3.90. The summed E-state index contributed by atoms with van der Waals surface area (Å²) in [4.78, 5) is 6.74. The predicted octanol–water partition coefficient (Wildman–Crippen LogP) is 1.47. The van der Waals surface area contributed by atoms with Crippen LogP contribution in [0.4, 0.5) is 5.82 Å². The Bertz CT molecular complexity index is 558. The third-order valence-corrected chi connectivity index (χ3v) is 3.90. The first-order valence-electron chi connectivity index (χ1n) is 7.03. The largest absolute Gasteiger partial charge is 0.358 e. The molecule has 1 fully saturated rings. The monoisotopic (exact) mass is 259 g/mol. The average Bonchev–Trinajstić information content (AvgIpc) is 2.75. The van der Waals surface area contributed by atoms with Crippen LogP contribution in [0.1, 0.15) is 25.0 Å². The predicted molar refractivity (Wildman–Crippen MR) is 76.4 cm³/mol. The Balaban J connectivity index is 1.79. The number of nitrogens with two attached hydrogens (primary N) is 1. The molecule has 0 unspecified atom stereocenters. The third kappa shape index (κ3) is 2.56. The Hall–Kier alpha value is -1.62. The maximum absolute atomic E-state index is 5.56. The van der Waals surface area contributed by atoms with Gasteiger partial charge in [-0.15, -0.1) is 5.10 Å². The van der Waals surface area contributed by atoms with Gasteiger partial charge in [-0.2, -0.15) is 0 Å². The van der Waals surface area contributed by atoms with Crippen molar-refractivity contribution in [1.29, 1.82) is 0 Å². The van der Waals surface area contributed by atoms with Crippen LogP contribution in [0.2, 0.25) is 0 Å². The quantitative estimate of drug-likeness (QED) is 0.883. The summed E-state index contributed by atoms with van der Waals surface area (Å²) < 4.78 is 1.86. The number of imidazole rings is 1. The van der Waals surface area contributed by atoms with Crippen LogP contribution in [0.25, 0.3) is 5.65 Å². The SMILES string of the molecule is CN(CC1CCC1)c1ccc2nc(CCN)cn2n1.